The van der Waals surface area contributed by atoms with Gasteiger partial charge in [-0.2, -0.15) is 5.48 Å². The molecule has 1 aromatic heterocycles. The molecule has 0 atom stereocenters. The molecule has 2 aromatic carbocycles. The van der Waals surface area contributed by atoms with Crippen LogP contribution in [0.15, 0.2) is 47.6 Å². The largest absolute Gasteiger partial charge is 0.508 e. The number of phenolic OH excluding ortho intramolecular Hbond substituents is 1. The first-order valence-electron chi connectivity index (χ1n) is 7.24. The number of benzene rings is 2. The fourth-order valence-corrected chi connectivity index (χ4v) is 2.77. The number of nitrogens with two attached hydrogens (primary N) is 1. The van der Waals surface area contributed by atoms with Crippen LogP contribution in [0, 0.1) is 0 Å². The Bertz CT molecular complexity index is 895. The van der Waals surface area contributed by atoms with Gasteiger partial charge in [-0.25, -0.2) is 10.2 Å². The highest BCUT2D eigenvalue weighted by Gasteiger charge is 2.12. The normalized spacial score (nSPS) is 10.8. The fourth-order valence-electron chi connectivity index (χ4n) is 2.25. The molecule has 0 saturated carbocycles. The third-order valence-corrected chi connectivity index (χ3v) is 4.20. The molecule has 0 aliphatic rings. The number of aliphatic carboxylic acids is 1. The van der Waals surface area contributed by atoms with Crippen molar-refractivity contribution in [2.45, 2.75) is 5.16 Å². The van der Waals surface area contributed by atoms with Crippen LogP contribution in [-0.4, -0.2) is 42.3 Å². The number of aromatic nitrogens is 3. The highest BCUT2D eigenvalue weighted by molar-refractivity contribution is 7.99. The van der Waals surface area contributed by atoms with Crippen molar-refractivity contribution < 1.29 is 25.7 Å². The molecule has 0 saturated heterocycles. The summed E-state index contributed by atoms with van der Waals surface area (Å²) in [6.07, 6.45) is 0. The Hall–Kier alpha value is -2.88. The zero-order chi connectivity index (χ0) is 17.8. The van der Waals surface area contributed by atoms with E-state index in [0.717, 1.165) is 28.4 Å². The van der Waals surface area contributed by atoms with Crippen molar-refractivity contribution in [1.29, 1.82) is 0 Å². The maximum atomic E-state index is 10.6. The first-order valence-corrected chi connectivity index (χ1v) is 8.23. The molecule has 0 fully saturated rings. The third-order valence-electron chi connectivity index (χ3n) is 3.37. The van der Waals surface area contributed by atoms with Crippen LogP contribution in [0.5, 0.6) is 5.75 Å². The predicted molar refractivity (Wildman–Crippen MR) is 90.7 cm³/mol. The Kier molecular flexibility index (Phi) is 4.98. The Morgan fingerprint density at radius 1 is 1.12 bits per heavy atom. The monoisotopic (exact) mass is 359 g/mol. The average Bonchev–Trinajstić information content (AvgIpc) is 3.09. The molecule has 0 radical (unpaired) electrons. The molecule has 8 nitrogen and oxygen atoms in total. The van der Waals surface area contributed by atoms with Gasteiger partial charge < -0.3 is 10.2 Å². The number of carboxylic acids is 1. The maximum absolute atomic E-state index is 10.6. The summed E-state index contributed by atoms with van der Waals surface area (Å²) in [5.74, 6) is -0.427. The molecule has 0 aliphatic heterocycles. The van der Waals surface area contributed by atoms with Gasteiger partial charge in [-0.1, -0.05) is 23.9 Å². The van der Waals surface area contributed by atoms with E-state index in [4.69, 9.17) is 5.11 Å². The molecule has 3 aromatic rings. The van der Waals surface area contributed by atoms with Gasteiger partial charge in [-0.3, -0.25) is 9.89 Å². The van der Waals surface area contributed by atoms with E-state index in [-0.39, 0.29) is 11.5 Å². The summed E-state index contributed by atoms with van der Waals surface area (Å²) in [4.78, 5) is 14.9. The summed E-state index contributed by atoms with van der Waals surface area (Å²) in [7, 11) is 0. The lowest BCUT2D eigenvalue weighted by atomic mass is 10.0. The summed E-state index contributed by atoms with van der Waals surface area (Å²) >= 11 is 1.02. The van der Waals surface area contributed by atoms with Gasteiger partial charge in [0.1, 0.15) is 5.75 Å². The van der Waals surface area contributed by atoms with Crippen molar-refractivity contribution >= 4 is 23.4 Å². The van der Waals surface area contributed by atoms with Gasteiger partial charge >= 0.3 is 5.97 Å². The molecule has 1 heterocycles. The van der Waals surface area contributed by atoms with Crippen molar-refractivity contribution in [1.82, 2.24) is 15.2 Å². The number of H-pyrrole nitrogens is 1. The van der Waals surface area contributed by atoms with E-state index < -0.39 is 5.97 Å². The van der Waals surface area contributed by atoms with E-state index in [1.54, 1.807) is 36.4 Å². The molecule has 0 spiro atoms. The number of thioether (sulfide) groups is 1. The molecule has 6 N–H and O–H groups in total. The topological polar surface area (TPSA) is 136 Å². The number of nitrogens with one attached hydrogen (secondary N) is 1. The number of phenols is 1. The molecule has 0 bridgehead atoms. The maximum Gasteiger partial charge on any atom is 0.313 e. The van der Waals surface area contributed by atoms with E-state index in [2.05, 4.69) is 15.2 Å². The number of rotatable bonds is 6. The first kappa shape index (κ1) is 17.0. The Morgan fingerprint density at radius 3 is 2.52 bits per heavy atom. The number of aromatic amines is 1. The van der Waals surface area contributed by atoms with E-state index in [1.807, 2.05) is 6.07 Å². The molecule has 0 aliphatic carbocycles. The van der Waals surface area contributed by atoms with Gasteiger partial charge in [0.15, 0.2) is 11.5 Å². The van der Waals surface area contributed by atoms with Crippen molar-refractivity contribution in [3.05, 3.63) is 42.5 Å². The van der Waals surface area contributed by atoms with Crippen LogP contribution in [0.4, 0.5) is 5.69 Å². The SMILES string of the molecule is O=C(O)CSc1n[nH]c(-c2cc([NH2+]O)cc(-c3ccc(O)cc3)c2)n1. The van der Waals surface area contributed by atoms with Crippen LogP contribution in [0.1, 0.15) is 0 Å². The van der Waals surface area contributed by atoms with Gasteiger partial charge in [-0.15, -0.1) is 5.10 Å². The lowest BCUT2D eigenvalue weighted by Crippen LogP contribution is -2.73. The Balaban J connectivity index is 1.94. The first-order chi connectivity index (χ1) is 12.0. The van der Waals surface area contributed by atoms with Crippen LogP contribution < -0.4 is 5.48 Å². The molecule has 128 valence electrons. The highest BCUT2D eigenvalue weighted by Crippen LogP contribution is 2.29. The Morgan fingerprint density at radius 2 is 1.84 bits per heavy atom. The molecule has 9 heteroatoms. The van der Waals surface area contributed by atoms with Gasteiger partial charge in [0, 0.05) is 17.7 Å². The van der Waals surface area contributed by atoms with Crippen molar-refractivity contribution in [3.63, 3.8) is 0 Å². The summed E-state index contributed by atoms with van der Waals surface area (Å²) in [6.45, 7) is 0. The summed E-state index contributed by atoms with van der Waals surface area (Å²) < 4.78 is 0. The van der Waals surface area contributed by atoms with E-state index in [1.165, 1.54) is 0 Å². The second kappa shape index (κ2) is 7.34. The third kappa shape index (κ3) is 4.15. The number of hydrogen-bond acceptors (Lipinski definition) is 6. The predicted octanol–water partition coefficient (Wildman–Crippen LogP) is 1.61. The molecular weight excluding hydrogens is 344 g/mol. The lowest BCUT2D eigenvalue weighted by Gasteiger charge is -2.06. The molecule has 0 unspecified atom stereocenters. The average molecular weight is 359 g/mol. The molecule has 0 amide bonds. The Labute approximate surface area is 146 Å². The summed E-state index contributed by atoms with van der Waals surface area (Å²) in [5, 5.41) is 34.6. The van der Waals surface area contributed by atoms with Crippen LogP contribution in [0.2, 0.25) is 0 Å². The summed E-state index contributed by atoms with van der Waals surface area (Å²) in [6, 6.07) is 12.1. The van der Waals surface area contributed by atoms with Crippen molar-refractivity contribution in [3.8, 4) is 28.3 Å². The van der Waals surface area contributed by atoms with Crippen LogP contribution in [0.25, 0.3) is 22.5 Å². The van der Waals surface area contributed by atoms with Gasteiger partial charge in [-0.05, 0) is 29.3 Å². The number of carbonyl (C=O) groups is 1. The standard InChI is InChI=1S/C16H14N4O4S/c21-13-3-1-9(2-4-13)10-5-11(7-12(6-10)20-24)15-17-16(19-18-15)25-8-14(22)23/h1-7,20-21,24H,8H2,(H,22,23)(H,17,18,19)/p+1. The number of nitrogens with zero attached hydrogens (tertiary/aromatic N) is 2. The van der Waals surface area contributed by atoms with Gasteiger partial charge in [0.05, 0.1) is 5.75 Å². The molecular formula is C16H15N4O4S+. The minimum absolute atomic E-state index is 0.124. The zero-order valence-electron chi connectivity index (χ0n) is 12.9. The number of quaternary nitrogens is 1. The quantitative estimate of drug-likeness (QED) is 0.256. The highest BCUT2D eigenvalue weighted by atomic mass is 32.2. The van der Waals surface area contributed by atoms with Crippen LogP contribution in [-0.2, 0) is 4.79 Å². The lowest BCUT2D eigenvalue weighted by molar-refractivity contribution is -0.825. The van der Waals surface area contributed by atoms with Crippen molar-refractivity contribution in [2.24, 2.45) is 0 Å². The van der Waals surface area contributed by atoms with Gasteiger partial charge in [0.2, 0.25) is 5.16 Å². The number of aromatic hydroxyl groups is 1. The van der Waals surface area contributed by atoms with E-state index in [0.29, 0.717) is 22.2 Å². The molecule has 3 rings (SSSR count). The number of hydrogen-bond donors (Lipinski definition) is 5. The van der Waals surface area contributed by atoms with E-state index in [9.17, 15) is 15.1 Å². The zero-order valence-corrected chi connectivity index (χ0v) is 13.7. The minimum Gasteiger partial charge on any atom is -0.508 e. The second-order valence-corrected chi connectivity index (χ2v) is 6.11. The van der Waals surface area contributed by atoms with E-state index >= 15 is 0 Å². The smallest absolute Gasteiger partial charge is 0.313 e. The van der Waals surface area contributed by atoms with Crippen LogP contribution in [0.3, 0.4) is 0 Å². The van der Waals surface area contributed by atoms with Crippen molar-refractivity contribution in [2.75, 3.05) is 5.75 Å². The summed E-state index contributed by atoms with van der Waals surface area (Å²) in [5.41, 5.74) is 3.96. The molecule has 25 heavy (non-hydrogen) atoms. The van der Waals surface area contributed by atoms with Crippen LogP contribution >= 0.6 is 11.8 Å². The minimum atomic E-state index is -0.942. The van der Waals surface area contributed by atoms with Gasteiger partial charge in [0.25, 0.3) is 0 Å². The fraction of sp³-hybridized carbons (Fsp3) is 0.0625. The number of carboxylic acid groups (broad SMARTS) is 1. The second-order valence-electron chi connectivity index (χ2n) is 5.17.